The first-order chi connectivity index (χ1) is 14.8. The monoisotopic (exact) mass is 405 g/mol. The Hall–Kier alpha value is -3.26. The van der Waals surface area contributed by atoms with Crippen LogP contribution in [0.4, 0.5) is 5.82 Å². The molecule has 0 saturated carbocycles. The van der Waals surface area contributed by atoms with Gasteiger partial charge in [-0.2, -0.15) is 0 Å². The van der Waals surface area contributed by atoms with E-state index in [2.05, 4.69) is 19.9 Å². The van der Waals surface area contributed by atoms with Crippen LogP contribution in [-0.4, -0.2) is 71.3 Å². The Morgan fingerprint density at radius 1 is 1.00 bits per heavy atom. The van der Waals surface area contributed by atoms with E-state index >= 15 is 0 Å². The first-order valence-electron chi connectivity index (χ1n) is 10.2. The van der Waals surface area contributed by atoms with E-state index in [1.54, 1.807) is 18.6 Å². The fourth-order valence-corrected chi connectivity index (χ4v) is 4.00. The van der Waals surface area contributed by atoms with Crippen molar-refractivity contribution < 1.29 is 14.3 Å². The molecule has 3 aromatic rings. The number of aromatic nitrogens is 3. The second kappa shape index (κ2) is 8.23. The number of carbonyl (C=O) groups excluding carboxylic acids is 1. The largest absolute Gasteiger partial charge is 0.470 e. The van der Waals surface area contributed by atoms with Gasteiger partial charge in [0.15, 0.2) is 5.82 Å². The number of benzene rings is 1. The van der Waals surface area contributed by atoms with Gasteiger partial charge in [0.05, 0.1) is 19.8 Å². The Labute approximate surface area is 174 Å². The average Bonchev–Trinajstić information content (AvgIpc) is 3.28. The van der Waals surface area contributed by atoms with E-state index in [-0.39, 0.29) is 12.0 Å². The molecule has 0 radical (unpaired) electrons. The van der Waals surface area contributed by atoms with Gasteiger partial charge in [0, 0.05) is 50.0 Å². The molecule has 0 N–H and O–H groups in total. The molecule has 2 aliphatic heterocycles. The summed E-state index contributed by atoms with van der Waals surface area (Å²) in [7, 11) is 0. The van der Waals surface area contributed by atoms with E-state index in [4.69, 9.17) is 9.47 Å². The van der Waals surface area contributed by atoms with Crippen molar-refractivity contribution in [1.82, 2.24) is 19.9 Å². The Morgan fingerprint density at radius 3 is 2.73 bits per heavy atom. The van der Waals surface area contributed by atoms with Gasteiger partial charge in [0.2, 0.25) is 0 Å². The predicted molar refractivity (Wildman–Crippen MR) is 112 cm³/mol. The fourth-order valence-electron chi connectivity index (χ4n) is 4.00. The second-order valence-corrected chi connectivity index (χ2v) is 7.44. The summed E-state index contributed by atoms with van der Waals surface area (Å²) < 4.78 is 11.6. The molecule has 2 aliphatic rings. The molecule has 2 aromatic heterocycles. The highest BCUT2D eigenvalue weighted by molar-refractivity contribution is 6.05. The van der Waals surface area contributed by atoms with Crippen molar-refractivity contribution in [2.24, 2.45) is 0 Å². The first kappa shape index (κ1) is 18.7. The van der Waals surface area contributed by atoms with Crippen LogP contribution in [0.1, 0.15) is 16.9 Å². The Bertz CT molecular complexity index is 1050. The molecule has 30 heavy (non-hydrogen) atoms. The molecule has 8 heteroatoms. The average molecular weight is 405 g/mol. The summed E-state index contributed by atoms with van der Waals surface area (Å²) in [6.45, 7) is 3.98. The summed E-state index contributed by atoms with van der Waals surface area (Å²) in [5.74, 6) is 1.19. The van der Waals surface area contributed by atoms with E-state index in [0.717, 1.165) is 36.1 Å². The van der Waals surface area contributed by atoms with Gasteiger partial charge in [-0.25, -0.2) is 9.97 Å². The van der Waals surface area contributed by atoms with Gasteiger partial charge in [-0.1, -0.05) is 24.3 Å². The van der Waals surface area contributed by atoms with Crippen LogP contribution in [0.2, 0.25) is 0 Å². The minimum Gasteiger partial charge on any atom is -0.470 e. The summed E-state index contributed by atoms with van der Waals surface area (Å²) in [5.41, 5.74) is 0.488. The molecule has 2 saturated heterocycles. The number of morpholine rings is 1. The van der Waals surface area contributed by atoms with E-state index in [9.17, 15) is 4.79 Å². The molecule has 0 spiro atoms. The lowest BCUT2D eigenvalue weighted by Gasteiger charge is -2.29. The quantitative estimate of drug-likeness (QED) is 0.658. The standard InChI is InChI=1S/C22H23N5O3/c28-22(19-18-4-2-1-3-16(18)5-7-23-19)27-10-6-17(15-27)30-21-20(24-8-9-25-21)26-11-13-29-14-12-26/h1-5,7-9,17H,6,10-15H2. The number of likely N-dealkylation sites (tertiary alicyclic amines) is 1. The molecule has 154 valence electrons. The molecule has 2 fully saturated rings. The third kappa shape index (κ3) is 3.66. The van der Waals surface area contributed by atoms with Crippen molar-refractivity contribution in [3.8, 4) is 5.88 Å². The number of pyridine rings is 1. The van der Waals surface area contributed by atoms with Crippen LogP contribution in [-0.2, 0) is 4.74 Å². The van der Waals surface area contributed by atoms with Crippen molar-refractivity contribution in [3.63, 3.8) is 0 Å². The normalized spacial score (nSPS) is 19.3. The van der Waals surface area contributed by atoms with Crippen molar-refractivity contribution in [3.05, 3.63) is 54.6 Å². The van der Waals surface area contributed by atoms with Crippen LogP contribution < -0.4 is 9.64 Å². The van der Waals surface area contributed by atoms with Crippen LogP contribution in [0.15, 0.2) is 48.9 Å². The van der Waals surface area contributed by atoms with E-state index in [0.29, 0.717) is 37.9 Å². The van der Waals surface area contributed by atoms with Gasteiger partial charge in [-0.15, -0.1) is 0 Å². The molecule has 0 aliphatic carbocycles. The van der Waals surface area contributed by atoms with Gasteiger partial charge in [0.25, 0.3) is 11.8 Å². The van der Waals surface area contributed by atoms with Crippen LogP contribution in [0.25, 0.3) is 10.8 Å². The fraction of sp³-hybridized carbons (Fsp3) is 0.364. The lowest BCUT2D eigenvalue weighted by Crippen LogP contribution is -2.37. The third-order valence-corrected chi connectivity index (χ3v) is 5.54. The number of fused-ring (bicyclic) bond motifs is 1. The Kier molecular flexibility index (Phi) is 5.15. The topological polar surface area (TPSA) is 80.7 Å². The minimum atomic E-state index is -0.125. The minimum absolute atomic E-state index is 0.0644. The third-order valence-electron chi connectivity index (χ3n) is 5.54. The molecule has 8 nitrogen and oxygen atoms in total. The van der Waals surface area contributed by atoms with Crippen molar-refractivity contribution in [2.75, 3.05) is 44.3 Å². The molecule has 0 bridgehead atoms. The van der Waals surface area contributed by atoms with Crippen LogP contribution >= 0.6 is 0 Å². The number of anilines is 1. The molecular weight excluding hydrogens is 382 g/mol. The highest BCUT2D eigenvalue weighted by Gasteiger charge is 2.31. The van der Waals surface area contributed by atoms with Crippen LogP contribution in [0.3, 0.4) is 0 Å². The smallest absolute Gasteiger partial charge is 0.273 e. The maximum Gasteiger partial charge on any atom is 0.273 e. The summed E-state index contributed by atoms with van der Waals surface area (Å²) in [5, 5.41) is 1.88. The lowest BCUT2D eigenvalue weighted by molar-refractivity contribution is 0.0767. The number of amides is 1. The van der Waals surface area contributed by atoms with Crippen molar-refractivity contribution in [1.29, 1.82) is 0 Å². The van der Waals surface area contributed by atoms with Crippen molar-refractivity contribution in [2.45, 2.75) is 12.5 Å². The molecule has 1 atom stereocenters. The van der Waals surface area contributed by atoms with Crippen molar-refractivity contribution >= 4 is 22.5 Å². The summed E-state index contributed by atoms with van der Waals surface area (Å²) in [4.78, 5) is 30.3. The summed E-state index contributed by atoms with van der Waals surface area (Å²) in [6, 6.07) is 9.74. The molecule has 1 aromatic carbocycles. The first-order valence-corrected chi connectivity index (χ1v) is 10.2. The van der Waals surface area contributed by atoms with E-state index in [1.807, 2.05) is 35.2 Å². The molecule has 1 amide bonds. The number of ether oxygens (including phenoxy) is 2. The SMILES string of the molecule is O=C(c1nccc2ccccc12)N1CCC(Oc2nccnc2N2CCOCC2)C1. The highest BCUT2D eigenvalue weighted by atomic mass is 16.5. The number of rotatable bonds is 4. The molecule has 1 unspecified atom stereocenters. The number of hydrogen-bond acceptors (Lipinski definition) is 7. The number of nitrogens with zero attached hydrogens (tertiary/aromatic N) is 5. The Morgan fingerprint density at radius 2 is 1.83 bits per heavy atom. The summed E-state index contributed by atoms with van der Waals surface area (Å²) >= 11 is 0. The highest BCUT2D eigenvalue weighted by Crippen LogP contribution is 2.27. The summed E-state index contributed by atoms with van der Waals surface area (Å²) in [6.07, 6.45) is 5.62. The zero-order valence-electron chi connectivity index (χ0n) is 16.6. The van der Waals surface area contributed by atoms with E-state index in [1.165, 1.54) is 0 Å². The number of hydrogen-bond donors (Lipinski definition) is 0. The van der Waals surface area contributed by atoms with Gasteiger partial charge in [0.1, 0.15) is 11.8 Å². The zero-order chi connectivity index (χ0) is 20.3. The number of carbonyl (C=O) groups is 1. The van der Waals surface area contributed by atoms with Crippen LogP contribution in [0.5, 0.6) is 5.88 Å². The van der Waals surface area contributed by atoms with Gasteiger partial charge < -0.3 is 19.3 Å². The maximum atomic E-state index is 13.1. The van der Waals surface area contributed by atoms with Gasteiger partial charge >= 0.3 is 0 Å². The zero-order valence-corrected chi connectivity index (χ0v) is 16.6. The maximum absolute atomic E-state index is 13.1. The second-order valence-electron chi connectivity index (χ2n) is 7.44. The molecular formula is C22H23N5O3. The lowest BCUT2D eigenvalue weighted by atomic mass is 10.1. The van der Waals surface area contributed by atoms with Gasteiger partial charge in [-0.05, 0) is 11.5 Å². The molecule has 4 heterocycles. The predicted octanol–water partition coefficient (Wildman–Crippen LogP) is 2.15. The van der Waals surface area contributed by atoms with E-state index < -0.39 is 0 Å². The van der Waals surface area contributed by atoms with Gasteiger partial charge in [-0.3, -0.25) is 9.78 Å². The van der Waals surface area contributed by atoms with Crippen LogP contribution in [0, 0.1) is 0 Å². The Balaban J connectivity index is 1.30. The molecule has 5 rings (SSSR count).